The van der Waals surface area contributed by atoms with Crippen molar-refractivity contribution in [3.8, 4) is 0 Å². The fraction of sp³-hybridized carbons (Fsp3) is 0.632. The number of nitrogens with one attached hydrogen (secondary N) is 1. The van der Waals surface area contributed by atoms with E-state index in [-0.39, 0.29) is 17.4 Å². The van der Waals surface area contributed by atoms with Gasteiger partial charge in [-0.25, -0.2) is 18.4 Å². The zero-order valence-corrected chi connectivity index (χ0v) is 18.2. The topological polar surface area (TPSA) is 104 Å². The number of aromatic nitrogens is 3. The van der Waals surface area contributed by atoms with Gasteiger partial charge in [-0.15, -0.1) is 0 Å². The van der Waals surface area contributed by atoms with Gasteiger partial charge in [0.15, 0.2) is 5.76 Å². The number of rotatable bonds is 4. The van der Waals surface area contributed by atoms with Gasteiger partial charge in [0.1, 0.15) is 22.2 Å². The van der Waals surface area contributed by atoms with E-state index < -0.39 is 10.0 Å². The molecule has 4 rings (SSSR count). The number of aryl methyl sites for hydroxylation is 2. The molecule has 1 saturated heterocycles. The zero-order valence-electron chi connectivity index (χ0n) is 17.4. The summed E-state index contributed by atoms with van der Waals surface area (Å²) >= 11 is 0. The van der Waals surface area contributed by atoms with Crippen LogP contribution in [-0.2, 0) is 23.0 Å². The minimum Gasteiger partial charge on any atom is -0.373 e. The van der Waals surface area contributed by atoms with Gasteiger partial charge in [0.25, 0.3) is 0 Å². The summed E-state index contributed by atoms with van der Waals surface area (Å²) in [5.74, 6) is 2.20. The Morgan fingerprint density at radius 3 is 2.66 bits per heavy atom. The van der Waals surface area contributed by atoms with Gasteiger partial charge in [0.05, 0.1) is 12.2 Å². The monoisotopic (exact) mass is 420 g/mol. The van der Waals surface area contributed by atoms with E-state index in [4.69, 9.17) is 14.5 Å². The minimum absolute atomic E-state index is 0.165. The van der Waals surface area contributed by atoms with Crippen molar-refractivity contribution in [2.45, 2.75) is 50.5 Å². The van der Waals surface area contributed by atoms with Crippen molar-refractivity contribution in [2.75, 3.05) is 39.0 Å². The molecular formula is C19H28N6O3S. The summed E-state index contributed by atoms with van der Waals surface area (Å²) in [6.45, 7) is 5.90. The van der Waals surface area contributed by atoms with E-state index >= 15 is 0 Å². The highest BCUT2D eigenvalue weighted by Gasteiger charge is 2.35. The van der Waals surface area contributed by atoms with Crippen molar-refractivity contribution in [3.63, 3.8) is 0 Å². The standard InChI is InChI=1S/C19H28N6O3S/c1-12-17(13(2)28-23-12)29(26,27)25-9-7-15-16(11-25)21-18(22-19(15)20-3)14-6-5-8-24(4)10-14/h14H,5-11H2,1-4H3,(H,20,21,22). The molecule has 0 bridgehead atoms. The van der Waals surface area contributed by atoms with E-state index in [1.54, 1.807) is 13.8 Å². The molecule has 2 aromatic rings. The molecule has 2 aromatic heterocycles. The molecule has 1 atom stereocenters. The molecule has 0 saturated carbocycles. The Morgan fingerprint density at radius 1 is 1.21 bits per heavy atom. The number of likely N-dealkylation sites (N-methyl/N-ethyl adjacent to an activating group) is 1. The van der Waals surface area contributed by atoms with Crippen LogP contribution in [0.25, 0.3) is 0 Å². The molecule has 0 spiro atoms. The number of hydrogen-bond acceptors (Lipinski definition) is 8. The lowest BCUT2D eigenvalue weighted by atomic mass is 9.96. The summed E-state index contributed by atoms with van der Waals surface area (Å²) in [4.78, 5) is 12.1. The van der Waals surface area contributed by atoms with Crippen LogP contribution in [0, 0.1) is 13.8 Å². The molecule has 158 valence electrons. The van der Waals surface area contributed by atoms with Gasteiger partial charge in [0.2, 0.25) is 10.0 Å². The fourth-order valence-corrected chi connectivity index (χ4v) is 6.06. The lowest BCUT2D eigenvalue weighted by molar-refractivity contribution is 0.245. The number of hydrogen-bond donors (Lipinski definition) is 1. The van der Waals surface area contributed by atoms with Crippen molar-refractivity contribution in [2.24, 2.45) is 0 Å². The zero-order chi connectivity index (χ0) is 20.8. The molecule has 10 heteroatoms. The second kappa shape index (κ2) is 7.66. The predicted molar refractivity (Wildman–Crippen MR) is 108 cm³/mol. The summed E-state index contributed by atoms with van der Waals surface area (Å²) in [5.41, 5.74) is 2.18. The molecule has 1 fully saturated rings. The van der Waals surface area contributed by atoms with Gasteiger partial charge >= 0.3 is 0 Å². The summed E-state index contributed by atoms with van der Waals surface area (Å²) < 4.78 is 33.1. The van der Waals surface area contributed by atoms with Crippen LogP contribution in [0.1, 0.15) is 47.3 Å². The Morgan fingerprint density at radius 2 is 2.00 bits per heavy atom. The molecule has 0 amide bonds. The Bertz CT molecular complexity index is 1000. The number of sulfonamides is 1. The van der Waals surface area contributed by atoms with Crippen LogP contribution in [0.15, 0.2) is 9.42 Å². The van der Waals surface area contributed by atoms with Gasteiger partial charge < -0.3 is 14.7 Å². The maximum Gasteiger partial charge on any atom is 0.248 e. The third kappa shape index (κ3) is 3.64. The van der Waals surface area contributed by atoms with Crippen molar-refractivity contribution in [3.05, 3.63) is 28.5 Å². The first-order chi connectivity index (χ1) is 13.8. The number of piperidine rings is 1. The van der Waals surface area contributed by atoms with E-state index in [0.717, 1.165) is 48.8 Å². The van der Waals surface area contributed by atoms with Crippen LogP contribution in [0.5, 0.6) is 0 Å². The Balaban J connectivity index is 1.69. The largest absolute Gasteiger partial charge is 0.373 e. The minimum atomic E-state index is -3.70. The van der Waals surface area contributed by atoms with E-state index in [1.807, 2.05) is 7.05 Å². The van der Waals surface area contributed by atoms with Gasteiger partial charge in [-0.05, 0) is 46.7 Å². The quantitative estimate of drug-likeness (QED) is 0.797. The molecule has 2 aliphatic heterocycles. The van der Waals surface area contributed by atoms with Crippen LogP contribution in [0.4, 0.5) is 5.82 Å². The Hall–Kier alpha value is -2.04. The fourth-order valence-electron chi connectivity index (χ4n) is 4.37. The number of likely N-dealkylation sites (tertiary alicyclic amines) is 1. The molecule has 1 N–H and O–H groups in total. The summed E-state index contributed by atoms with van der Waals surface area (Å²) in [7, 11) is 0.265. The number of anilines is 1. The summed E-state index contributed by atoms with van der Waals surface area (Å²) in [5, 5.41) is 7.00. The van der Waals surface area contributed by atoms with Gasteiger partial charge in [-0.2, -0.15) is 4.31 Å². The van der Waals surface area contributed by atoms with Crippen molar-refractivity contribution < 1.29 is 12.9 Å². The van der Waals surface area contributed by atoms with Crippen molar-refractivity contribution in [1.29, 1.82) is 0 Å². The van der Waals surface area contributed by atoms with E-state index in [9.17, 15) is 8.42 Å². The maximum absolute atomic E-state index is 13.2. The molecule has 0 aliphatic carbocycles. The van der Waals surface area contributed by atoms with E-state index in [1.165, 1.54) is 4.31 Å². The summed E-state index contributed by atoms with van der Waals surface area (Å²) in [6, 6.07) is 0. The average molecular weight is 421 g/mol. The highest BCUT2D eigenvalue weighted by atomic mass is 32.2. The molecule has 0 aromatic carbocycles. The van der Waals surface area contributed by atoms with Crippen LogP contribution in [0.3, 0.4) is 0 Å². The predicted octanol–water partition coefficient (Wildman–Crippen LogP) is 1.68. The molecule has 4 heterocycles. The Labute approximate surface area is 171 Å². The normalized spacial score (nSPS) is 21.2. The first kappa shape index (κ1) is 20.2. The van der Waals surface area contributed by atoms with Crippen LogP contribution in [0.2, 0.25) is 0 Å². The smallest absolute Gasteiger partial charge is 0.248 e. The second-order valence-electron chi connectivity index (χ2n) is 7.95. The Kier molecular flexibility index (Phi) is 5.34. The average Bonchev–Trinajstić information content (AvgIpc) is 3.05. The van der Waals surface area contributed by atoms with Gasteiger partial charge in [-0.1, -0.05) is 5.16 Å². The van der Waals surface area contributed by atoms with Crippen LogP contribution >= 0.6 is 0 Å². The molecule has 29 heavy (non-hydrogen) atoms. The first-order valence-electron chi connectivity index (χ1n) is 10.00. The van der Waals surface area contributed by atoms with E-state index in [0.29, 0.717) is 24.4 Å². The highest BCUT2D eigenvalue weighted by molar-refractivity contribution is 7.89. The molecule has 2 aliphatic rings. The number of nitrogens with zero attached hydrogens (tertiary/aromatic N) is 5. The number of fused-ring (bicyclic) bond motifs is 1. The SMILES string of the molecule is CNc1nc(C2CCCN(C)C2)nc2c1CCN(S(=O)(=O)c1c(C)noc1C)C2. The summed E-state index contributed by atoms with van der Waals surface area (Å²) in [6.07, 6.45) is 2.73. The third-order valence-corrected chi connectivity index (χ3v) is 7.93. The maximum atomic E-state index is 13.2. The van der Waals surface area contributed by atoms with Gasteiger partial charge in [-0.3, -0.25) is 0 Å². The van der Waals surface area contributed by atoms with Crippen LogP contribution in [-0.4, -0.2) is 66.5 Å². The molecule has 1 unspecified atom stereocenters. The lowest BCUT2D eigenvalue weighted by Gasteiger charge is -2.31. The molecule has 9 nitrogen and oxygen atoms in total. The third-order valence-electron chi connectivity index (χ3n) is 5.84. The second-order valence-corrected chi connectivity index (χ2v) is 9.82. The first-order valence-corrected chi connectivity index (χ1v) is 11.4. The van der Waals surface area contributed by atoms with Gasteiger partial charge in [0, 0.05) is 31.6 Å². The molecule has 0 radical (unpaired) electrons. The van der Waals surface area contributed by atoms with E-state index in [2.05, 4.69) is 22.4 Å². The van der Waals surface area contributed by atoms with Crippen LogP contribution < -0.4 is 5.32 Å². The van der Waals surface area contributed by atoms with Crippen molar-refractivity contribution in [1.82, 2.24) is 24.3 Å². The lowest BCUT2D eigenvalue weighted by Crippen LogP contribution is -2.38. The molecular weight excluding hydrogens is 392 g/mol. The van der Waals surface area contributed by atoms with Crippen molar-refractivity contribution >= 4 is 15.8 Å². The highest BCUT2D eigenvalue weighted by Crippen LogP contribution is 2.32.